The quantitative estimate of drug-likeness (QED) is 0.181. The first kappa shape index (κ1) is 24.2. The molecule has 0 radical (unpaired) electrons. The van der Waals surface area contributed by atoms with Gasteiger partial charge in [-0.25, -0.2) is 0 Å². The number of phenolic OH excluding ortho intramolecular Hbond substituents is 1. The molecule has 0 saturated heterocycles. The highest BCUT2D eigenvalue weighted by atomic mass is 16.6. The Bertz CT molecular complexity index is 1100. The molecule has 0 bridgehead atoms. The third-order valence-electron chi connectivity index (χ3n) is 5.96. The van der Waals surface area contributed by atoms with Crippen LogP contribution in [0.1, 0.15) is 75.5 Å². The van der Waals surface area contributed by atoms with Gasteiger partial charge in [-0.3, -0.25) is 14.9 Å². The second-order valence-electron chi connectivity index (χ2n) is 8.44. The zero-order chi connectivity index (χ0) is 23.6. The number of unbranched alkanes of at least 4 members (excludes halogenated alkanes) is 6. The summed E-state index contributed by atoms with van der Waals surface area (Å²) in [6.45, 7) is 2.19. The van der Waals surface area contributed by atoms with E-state index in [1.165, 1.54) is 37.8 Å². The molecule has 0 fully saturated rings. The fourth-order valence-corrected chi connectivity index (χ4v) is 4.20. The van der Waals surface area contributed by atoms with Gasteiger partial charge in [0, 0.05) is 24.1 Å². The van der Waals surface area contributed by atoms with Crippen molar-refractivity contribution in [2.45, 2.75) is 64.3 Å². The average Bonchev–Trinajstić information content (AvgIpc) is 2.82. The van der Waals surface area contributed by atoms with Gasteiger partial charge >= 0.3 is 0 Å². The number of nitrogens with one attached hydrogen (secondary N) is 1. The number of hydrogen-bond donors (Lipinski definition) is 2. The van der Waals surface area contributed by atoms with E-state index in [2.05, 4.69) is 12.2 Å². The molecule has 3 aromatic rings. The number of nitrogens with zero attached hydrogens (tertiary/aromatic N) is 1. The zero-order valence-corrected chi connectivity index (χ0v) is 19.1. The van der Waals surface area contributed by atoms with Crippen LogP contribution >= 0.6 is 0 Å². The minimum Gasteiger partial charge on any atom is -0.508 e. The lowest BCUT2D eigenvalue weighted by molar-refractivity contribution is -0.384. The molecule has 0 saturated carbocycles. The molecule has 0 aliphatic heterocycles. The van der Waals surface area contributed by atoms with Crippen LogP contribution in [0.2, 0.25) is 0 Å². The first-order valence-electron chi connectivity index (χ1n) is 11.8. The van der Waals surface area contributed by atoms with Crippen molar-refractivity contribution in [2.75, 3.05) is 0 Å². The molecule has 1 unspecified atom stereocenters. The summed E-state index contributed by atoms with van der Waals surface area (Å²) in [5, 5.41) is 26.9. The van der Waals surface area contributed by atoms with Crippen LogP contribution in [0.5, 0.6) is 5.75 Å². The Morgan fingerprint density at radius 1 is 0.970 bits per heavy atom. The predicted molar refractivity (Wildman–Crippen MR) is 131 cm³/mol. The monoisotopic (exact) mass is 448 g/mol. The molecule has 174 valence electrons. The smallest absolute Gasteiger partial charge is 0.269 e. The van der Waals surface area contributed by atoms with Gasteiger partial charge in [0.2, 0.25) is 5.91 Å². The Hall–Kier alpha value is -3.41. The van der Waals surface area contributed by atoms with Crippen LogP contribution in [0.25, 0.3) is 10.8 Å². The third kappa shape index (κ3) is 6.54. The fourth-order valence-electron chi connectivity index (χ4n) is 4.20. The van der Waals surface area contributed by atoms with Crippen LogP contribution in [-0.4, -0.2) is 15.9 Å². The van der Waals surface area contributed by atoms with E-state index in [4.69, 9.17) is 0 Å². The highest BCUT2D eigenvalue weighted by Crippen LogP contribution is 2.36. The van der Waals surface area contributed by atoms with Gasteiger partial charge in [-0.1, -0.05) is 87.9 Å². The molecule has 0 aliphatic rings. The minimum absolute atomic E-state index is 0.0430. The summed E-state index contributed by atoms with van der Waals surface area (Å²) in [6, 6.07) is 16.5. The number of phenols is 1. The second-order valence-corrected chi connectivity index (χ2v) is 8.44. The van der Waals surface area contributed by atoms with Crippen molar-refractivity contribution in [1.29, 1.82) is 0 Å². The molecule has 6 nitrogen and oxygen atoms in total. The summed E-state index contributed by atoms with van der Waals surface area (Å²) < 4.78 is 0. The molecule has 0 heterocycles. The molecule has 6 heteroatoms. The average molecular weight is 449 g/mol. The van der Waals surface area contributed by atoms with Crippen LogP contribution in [0.15, 0.2) is 60.7 Å². The molecule has 3 rings (SSSR count). The lowest BCUT2D eigenvalue weighted by atomic mass is 9.92. The van der Waals surface area contributed by atoms with E-state index in [-0.39, 0.29) is 17.3 Å². The third-order valence-corrected chi connectivity index (χ3v) is 5.96. The van der Waals surface area contributed by atoms with Gasteiger partial charge in [0.15, 0.2) is 0 Å². The van der Waals surface area contributed by atoms with E-state index in [0.29, 0.717) is 17.5 Å². The molecule has 1 atom stereocenters. The molecular formula is C27H32N2O4. The number of aromatic hydroxyl groups is 1. The van der Waals surface area contributed by atoms with Crippen LogP contribution in [0.3, 0.4) is 0 Å². The highest BCUT2D eigenvalue weighted by molar-refractivity contribution is 5.89. The second kappa shape index (κ2) is 12.0. The summed E-state index contributed by atoms with van der Waals surface area (Å²) in [5.41, 5.74) is 1.05. The Morgan fingerprint density at radius 2 is 1.70 bits per heavy atom. The molecule has 0 aliphatic carbocycles. The highest BCUT2D eigenvalue weighted by Gasteiger charge is 2.24. The van der Waals surface area contributed by atoms with Gasteiger partial charge in [-0.2, -0.15) is 0 Å². The number of non-ortho nitro benzene ring substituents is 1. The van der Waals surface area contributed by atoms with Crippen molar-refractivity contribution >= 4 is 22.4 Å². The van der Waals surface area contributed by atoms with Gasteiger partial charge < -0.3 is 10.4 Å². The van der Waals surface area contributed by atoms with Gasteiger partial charge in [0.25, 0.3) is 5.69 Å². The van der Waals surface area contributed by atoms with Crippen LogP contribution in [0.4, 0.5) is 5.69 Å². The maximum atomic E-state index is 12.9. The number of amides is 1. The SMILES string of the molecule is CCCCCCCCCC(=O)NC(c1cccc([N+](=O)[O-])c1)c1c(O)ccc2ccccc12. The van der Waals surface area contributed by atoms with Gasteiger partial charge in [-0.15, -0.1) is 0 Å². The summed E-state index contributed by atoms with van der Waals surface area (Å²) in [6.07, 6.45) is 8.17. The van der Waals surface area contributed by atoms with E-state index in [1.54, 1.807) is 18.2 Å². The standard InChI is InChI=1S/C27H32N2O4/c1-2-3-4-5-6-7-8-16-25(31)28-27(21-13-11-14-22(19-21)29(32)33)26-23-15-10-9-12-20(23)17-18-24(26)30/h9-15,17-19,27,30H,2-8,16H2,1H3,(H,28,31). The summed E-state index contributed by atoms with van der Waals surface area (Å²) in [7, 11) is 0. The van der Waals surface area contributed by atoms with Gasteiger partial charge in [-0.05, 0) is 28.8 Å². The molecule has 0 aromatic heterocycles. The predicted octanol–water partition coefficient (Wildman–Crippen LogP) is 6.80. The number of carbonyl (C=O) groups excluding carboxylic acids is 1. The van der Waals surface area contributed by atoms with E-state index in [0.717, 1.165) is 30.0 Å². The molecule has 2 N–H and O–H groups in total. The summed E-state index contributed by atoms with van der Waals surface area (Å²) in [5.74, 6) is -0.0890. The lowest BCUT2D eigenvalue weighted by Gasteiger charge is -2.22. The minimum atomic E-state index is -0.701. The van der Waals surface area contributed by atoms with Crippen molar-refractivity contribution in [3.8, 4) is 5.75 Å². The van der Waals surface area contributed by atoms with E-state index in [9.17, 15) is 20.0 Å². The molecule has 33 heavy (non-hydrogen) atoms. The zero-order valence-electron chi connectivity index (χ0n) is 19.1. The first-order chi connectivity index (χ1) is 16.0. The Kier molecular flexibility index (Phi) is 8.81. The van der Waals surface area contributed by atoms with E-state index >= 15 is 0 Å². The number of nitro groups is 1. The fraction of sp³-hybridized carbons (Fsp3) is 0.370. The number of fused-ring (bicyclic) bond motifs is 1. The number of nitro benzene ring substituents is 1. The van der Waals surface area contributed by atoms with Crippen molar-refractivity contribution in [3.05, 3.63) is 81.9 Å². The Labute approximate surface area is 194 Å². The summed E-state index contributed by atoms with van der Waals surface area (Å²) in [4.78, 5) is 23.8. The number of rotatable bonds is 12. The first-order valence-corrected chi connectivity index (χ1v) is 11.8. The largest absolute Gasteiger partial charge is 0.508 e. The van der Waals surface area contributed by atoms with Gasteiger partial charge in [0.1, 0.15) is 5.75 Å². The van der Waals surface area contributed by atoms with Crippen LogP contribution < -0.4 is 5.32 Å². The van der Waals surface area contributed by atoms with Crippen LogP contribution in [-0.2, 0) is 4.79 Å². The Balaban J connectivity index is 1.84. The van der Waals surface area contributed by atoms with E-state index in [1.807, 2.05) is 30.3 Å². The van der Waals surface area contributed by atoms with Crippen molar-refractivity contribution in [1.82, 2.24) is 5.32 Å². The lowest BCUT2D eigenvalue weighted by Crippen LogP contribution is -2.29. The molecule has 1 amide bonds. The maximum absolute atomic E-state index is 12.9. The topological polar surface area (TPSA) is 92.5 Å². The number of hydrogen-bond acceptors (Lipinski definition) is 4. The van der Waals surface area contributed by atoms with Crippen LogP contribution in [0, 0.1) is 10.1 Å². The Morgan fingerprint density at radius 3 is 2.45 bits per heavy atom. The molecular weight excluding hydrogens is 416 g/mol. The molecule has 3 aromatic carbocycles. The maximum Gasteiger partial charge on any atom is 0.269 e. The van der Waals surface area contributed by atoms with Crippen molar-refractivity contribution in [3.63, 3.8) is 0 Å². The van der Waals surface area contributed by atoms with Gasteiger partial charge in [0.05, 0.1) is 11.0 Å². The van der Waals surface area contributed by atoms with Crippen molar-refractivity contribution < 1.29 is 14.8 Å². The normalized spacial score (nSPS) is 11.9. The number of benzene rings is 3. The number of carbonyl (C=O) groups is 1. The van der Waals surface area contributed by atoms with Crippen molar-refractivity contribution in [2.24, 2.45) is 0 Å². The summed E-state index contributed by atoms with van der Waals surface area (Å²) >= 11 is 0. The molecule has 0 spiro atoms. The van der Waals surface area contributed by atoms with E-state index < -0.39 is 11.0 Å².